The van der Waals surface area contributed by atoms with Gasteiger partial charge in [0.25, 0.3) is 0 Å². The minimum atomic E-state index is -0.909. The standard InChI is InChI=1S/C17H18N2O/c1-17(20,16-8-3-2-4-9-16)13-19-12-15-7-5-6-14(10-15)11-18/h2-10,19-20H,12-13H2,1H3. The third kappa shape index (κ3) is 3.67. The van der Waals surface area contributed by atoms with Gasteiger partial charge < -0.3 is 10.4 Å². The molecule has 0 saturated carbocycles. The van der Waals surface area contributed by atoms with Gasteiger partial charge in [-0.15, -0.1) is 0 Å². The van der Waals surface area contributed by atoms with Crippen LogP contribution >= 0.6 is 0 Å². The molecule has 2 rings (SSSR count). The Balaban J connectivity index is 1.94. The molecule has 1 atom stereocenters. The highest BCUT2D eigenvalue weighted by molar-refractivity contribution is 5.32. The smallest absolute Gasteiger partial charge is 0.0992 e. The summed E-state index contributed by atoms with van der Waals surface area (Å²) in [7, 11) is 0. The molecule has 0 spiro atoms. The van der Waals surface area contributed by atoms with Gasteiger partial charge in [0.15, 0.2) is 0 Å². The van der Waals surface area contributed by atoms with Gasteiger partial charge in [0.2, 0.25) is 0 Å². The molecule has 0 heterocycles. The molecule has 0 fully saturated rings. The monoisotopic (exact) mass is 266 g/mol. The van der Waals surface area contributed by atoms with Gasteiger partial charge >= 0.3 is 0 Å². The highest BCUT2D eigenvalue weighted by atomic mass is 16.3. The second kappa shape index (κ2) is 6.33. The van der Waals surface area contributed by atoms with Crippen molar-refractivity contribution >= 4 is 0 Å². The minimum absolute atomic E-state index is 0.452. The molecule has 0 radical (unpaired) electrons. The number of hydrogen-bond donors (Lipinski definition) is 2. The summed E-state index contributed by atoms with van der Waals surface area (Å²) in [6, 6.07) is 19.2. The molecular formula is C17H18N2O. The second-order valence-electron chi connectivity index (χ2n) is 5.06. The van der Waals surface area contributed by atoms with Crippen LogP contribution in [-0.4, -0.2) is 11.7 Å². The predicted molar refractivity (Wildman–Crippen MR) is 78.9 cm³/mol. The van der Waals surface area contributed by atoms with E-state index in [0.717, 1.165) is 11.1 Å². The van der Waals surface area contributed by atoms with Crippen LogP contribution in [0.4, 0.5) is 0 Å². The van der Waals surface area contributed by atoms with Crippen molar-refractivity contribution in [1.82, 2.24) is 5.32 Å². The fourth-order valence-electron chi connectivity index (χ4n) is 2.10. The first kappa shape index (κ1) is 14.3. The third-order valence-corrected chi connectivity index (χ3v) is 3.25. The molecule has 2 aromatic rings. The molecule has 0 saturated heterocycles. The maximum Gasteiger partial charge on any atom is 0.0992 e. The normalized spacial score (nSPS) is 13.4. The molecule has 2 N–H and O–H groups in total. The van der Waals surface area contributed by atoms with Gasteiger partial charge in [0, 0.05) is 13.1 Å². The van der Waals surface area contributed by atoms with Crippen molar-refractivity contribution in [3.8, 4) is 6.07 Å². The van der Waals surface area contributed by atoms with E-state index in [1.165, 1.54) is 0 Å². The molecule has 102 valence electrons. The van der Waals surface area contributed by atoms with E-state index in [2.05, 4.69) is 11.4 Å². The van der Waals surface area contributed by atoms with Crippen molar-refractivity contribution in [2.24, 2.45) is 0 Å². The highest BCUT2D eigenvalue weighted by Gasteiger charge is 2.21. The Bertz CT molecular complexity index is 600. The molecule has 0 aliphatic rings. The molecule has 0 bridgehead atoms. The van der Waals surface area contributed by atoms with E-state index in [1.807, 2.05) is 48.5 Å². The molecule has 0 aliphatic carbocycles. The zero-order valence-corrected chi connectivity index (χ0v) is 11.5. The number of nitrogens with one attached hydrogen (secondary N) is 1. The summed E-state index contributed by atoms with van der Waals surface area (Å²) in [5.74, 6) is 0. The first-order chi connectivity index (χ1) is 9.62. The maximum atomic E-state index is 10.4. The molecule has 2 aromatic carbocycles. The van der Waals surface area contributed by atoms with E-state index in [9.17, 15) is 5.11 Å². The first-order valence-corrected chi connectivity index (χ1v) is 6.59. The number of nitriles is 1. The highest BCUT2D eigenvalue weighted by Crippen LogP contribution is 2.19. The second-order valence-corrected chi connectivity index (χ2v) is 5.06. The zero-order chi connectivity index (χ0) is 14.4. The van der Waals surface area contributed by atoms with Crippen molar-refractivity contribution in [1.29, 1.82) is 5.26 Å². The molecule has 0 aromatic heterocycles. The fourth-order valence-corrected chi connectivity index (χ4v) is 2.10. The van der Waals surface area contributed by atoms with Gasteiger partial charge in [-0.2, -0.15) is 5.26 Å². The SMILES string of the molecule is CC(O)(CNCc1cccc(C#N)c1)c1ccccc1. The Morgan fingerprint density at radius 1 is 1.15 bits per heavy atom. The van der Waals surface area contributed by atoms with Crippen LogP contribution in [0.3, 0.4) is 0 Å². The van der Waals surface area contributed by atoms with E-state index < -0.39 is 5.60 Å². The van der Waals surface area contributed by atoms with Crippen molar-refractivity contribution in [3.63, 3.8) is 0 Å². The Morgan fingerprint density at radius 2 is 1.90 bits per heavy atom. The largest absolute Gasteiger partial charge is 0.384 e. The van der Waals surface area contributed by atoms with Gasteiger partial charge in [-0.1, -0.05) is 42.5 Å². The average Bonchev–Trinajstić information content (AvgIpc) is 2.48. The van der Waals surface area contributed by atoms with Crippen LogP contribution in [0, 0.1) is 11.3 Å². The summed E-state index contributed by atoms with van der Waals surface area (Å²) in [6.45, 7) is 2.87. The van der Waals surface area contributed by atoms with E-state index >= 15 is 0 Å². The first-order valence-electron chi connectivity index (χ1n) is 6.59. The number of rotatable bonds is 5. The van der Waals surface area contributed by atoms with Crippen LogP contribution < -0.4 is 5.32 Å². The Hall–Kier alpha value is -2.15. The summed E-state index contributed by atoms with van der Waals surface area (Å²) in [4.78, 5) is 0. The lowest BCUT2D eigenvalue weighted by Crippen LogP contribution is -2.35. The molecule has 0 aliphatic heterocycles. The van der Waals surface area contributed by atoms with Gasteiger partial charge in [-0.05, 0) is 30.2 Å². The number of benzene rings is 2. The lowest BCUT2D eigenvalue weighted by molar-refractivity contribution is 0.0567. The van der Waals surface area contributed by atoms with Crippen LogP contribution in [0.1, 0.15) is 23.6 Å². The fraction of sp³-hybridized carbons (Fsp3) is 0.235. The third-order valence-electron chi connectivity index (χ3n) is 3.25. The van der Waals surface area contributed by atoms with Gasteiger partial charge in [0.1, 0.15) is 0 Å². The summed E-state index contributed by atoms with van der Waals surface area (Å²) in [5.41, 5.74) is 1.67. The van der Waals surface area contributed by atoms with E-state index in [-0.39, 0.29) is 0 Å². The topological polar surface area (TPSA) is 56.0 Å². The quantitative estimate of drug-likeness (QED) is 0.874. The average molecular weight is 266 g/mol. The van der Waals surface area contributed by atoms with Crippen molar-refractivity contribution < 1.29 is 5.11 Å². The Kier molecular flexibility index (Phi) is 4.52. The van der Waals surface area contributed by atoms with Crippen molar-refractivity contribution in [3.05, 3.63) is 71.3 Å². The van der Waals surface area contributed by atoms with E-state index in [0.29, 0.717) is 18.7 Å². The number of nitrogens with zero attached hydrogens (tertiary/aromatic N) is 1. The van der Waals surface area contributed by atoms with Crippen LogP contribution in [0.5, 0.6) is 0 Å². The van der Waals surface area contributed by atoms with E-state index in [4.69, 9.17) is 5.26 Å². The lowest BCUT2D eigenvalue weighted by Gasteiger charge is -2.24. The molecule has 3 nitrogen and oxygen atoms in total. The number of hydrogen-bond acceptors (Lipinski definition) is 3. The molecular weight excluding hydrogens is 248 g/mol. The van der Waals surface area contributed by atoms with E-state index in [1.54, 1.807) is 13.0 Å². The summed E-state index contributed by atoms with van der Waals surface area (Å²) < 4.78 is 0. The summed E-state index contributed by atoms with van der Waals surface area (Å²) in [5, 5.41) is 22.5. The predicted octanol–water partition coefficient (Wildman–Crippen LogP) is 2.56. The summed E-state index contributed by atoms with van der Waals surface area (Å²) in [6.07, 6.45) is 0. The van der Waals surface area contributed by atoms with Gasteiger partial charge in [0.05, 0.1) is 17.2 Å². The molecule has 3 heteroatoms. The van der Waals surface area contributed by atoms with Crippen molar-refractivity contribution in [2.75, 3.05) is 6.54 Å². The Morgan fingerprint density at radius 3 is 2.60 bits per heavy atom. The minimum Gasteiger partial charge on any atom is -0.384 e. The molecule has 1 unspecified atom stereocenters. The Labute approximate surface area is 119 Å². The van der Waals surface area contributed by atoms with Crippen LogP contribution in [0.2, 0.25) is 0 Å². The van der Waals surface area contributed by atoms with Crippen LogP contribution in [-0.2, 0) is 12.1 Å². The van der Waals surface area contributed by atoms with Crippen LogP contribution in [0.15, 0.2) is 54.6 Å². The maximum absolute atomic E-state index is 10.4. The zero-order valence-electron chi connectivity index (χ0n) is 11.5. The molecule has 0 amide bonds. The molecule has 20 heavy (non-hydrogen) atoms. The lowest BCUT2D eigenvalue weighted by atomic mass is 9.96. The van der Waals surface area contributed by atoms with Gasteiger partial charge in [-0.25, -0.2) is 0 Å². The van der Waals surface area contributed by atoms with Gasteiger partial charge in [-0.3, -0.25) is 0 Å². The van der Waals surface area contributed by atoms with Crippen LogP contribution in [0.25, 0.3) is 0 Å². The van der Waals surface area contributed by atoms with Crippen molar-refractivity contribution in [2.45, 2.75) is 19.1 Å². The number of aliphatic hydroxyl groups is 1. The summed E-state index contributed by atoms with van der Waals surface area (Å²) >= 11 is 0.